The van der Waals surface area contributed by atoms with Gasteiger partial charge in [0.15, 0.2) is 5.15 Å². The van der Waals surface area contributed by atoms with E-state index in [4.69, 9.17) is 11.6 Å². The zero-order valence-corrected chi connectivity index (χ0v) is 7.81. The van der Waals surface area contributed by atoms with Gasteiger partial charge in [-0.3, -0.25) is 4.98 Å². The molecule has 2 heterocycles. The summed E-state index contributed by atoms with van der Waals surface area (Å²) < 4.78 is 0. The minimum Gasteiger partial charge on any atom is -0.506 e. The average molecular weight is 208 g/mol. The van der Waals surface area contributed by atoms with Crippen molar-refractivity contribution in [2.24, 2.45) is 0 Å². The molecule has 0 spiro atoms. The fourth-order valence-corrected chi connectivity index (χ4v) is 1.16. The molecule has 0 bridgehead atoms. The highest BCUT2D eigenvalue weighted by atomic mass is 35.5. The minimum atomic E-state index is 0.0733. The molecule has 0 aliphatic carbocycles. The normalized spacial score (nSPS) is 10.1. The molecule has 0 radical (unpaired) electrons. The van der Waals surface area contributed by atoms with Gasteiger partial charge in [-0.1, -0.05) is 11.6 Å². The molecule has 2 aromatic rings. The first-order chi connectivity index (χ1) is 6.77. The third-order valence-corrected chi connectivity index (χ3v) is 1.91. The van der Waals surface area contributed by atoms with E-state index in [0.717, 1.165) is 0 Å². The lowest BCUT2D eigenvalue weighted by molar-refractivity contribution is 0.474. The number of hydrogen-bond donors (Lipinski definition) is 1. The maximum atomic E-state index is 9.47. The molecular formula is C9H6ClN3O. The maximum absolute atomic E-state index is 9.47. The second-order valence-corrected chi connectivity index (χ2v) is 3.02. The fourth-order valence-electron chi connectivity index (χ4n) is 1.06. The number of aromatic nitrogens is 3. The van der Waals surface area contributed by atoms with Gasteiger partial charge >= 0.3 is 0 Å². The molecule has 0 aliphatic rings. The van der Waals surface area contributed by atoms with E-state index < -0.39 is 0 Å². The quantitative estimate of drug-likeness (QED) is 0.776. The Balaban J connectivity index is 2.50. The van der Waals surface area contributed by atoms with Crippen molar-refractivity contribution in [3.05, 3.63) is 35.7 Å². The molecule has 14 heavy (non-hydrogen) atoms. The molecule has 0 aromatic carbocycles. The molecular weight excluding hydrogens is 202 g/mol. The highest BCUT2D eigenvalue weighted by Gasteiger charge is 2.04. The Morgan fingerprint density at radius 2 is 2.00 bits per heavy atom. The third kappa shape index (κ3) is 1.65. The largest absolute Gasteiger partial charge is 0.506 e. The Bertz CT molecular complexity index is 444. The predicted molar refractivity (Wildman–Crippen MR) is 51.9 cm³/mol. The number of hydrogen-bond acceptors (Lipinski definition) is 4. The van der Waals surface area contributed by atoms with Crippen molar-refractivity contribution in [3.8, 4) is 17.0 Å². The number of halogens is 1. The Hall–Kier alpha value is -1.68. The van der Waals surface area contributed by atoms with Crippen LogP contribution in [0.1, 0.15) is 0 Å². The van der Waals surface area contributed by atoms with Gasteiger partial charge in [-0.05, 0) is 18.2 Å². The SMILES string of the molecule is Oc1cnccc1-c1ccc(Cl)nn1. The van der Waals surface area contributed by atoms with Gasteiger partial charge in [-0.15, -0.1) is 10.2 Å². The lowest BCUT2D eigenvalue weighted by Crippen LogP contribution is -1.88. The molecule has 0 saturated heterocycles. The highest BCUT2D eigenvalue weighted by Crippen LogP contribution is 2.25. The van der Waals surface area contributed by atoms with Crippen LogP contribution in [0.4, 0.5) is 0 Å². The first-order valence-corrected chi connectivity index (χ1v) is 4.28. The summed E-state index contributed by atoms with van der Waals surface area (Å²) >= 11 is 5.59. The van der Waals surface area contributed by atoms with E-state index in [1.807, 2.05) is 0 Å². The molecule has 2 rings (SSSR count). The average Bonchev–Trinajstić information content (AvgIpc) is 2.20. The standard InChI is InChI=1S/C9H6ClN3O/c10-9-2-1-7(12-13-9)6-3-4-11-5-8(6)14/h1-5,14H. The van der Waals surface area contributed by atoms with Crippen LogP contribution in [0, 0.1) is 0 Å². The summed E-state index contributed by atoms with van der Waals surface area (Å²) in [5, 5.41) is 17.3. The highest BCUT2D eigenvalue weighted by molar-refractivity contribution is 6.29. The topological polar surface area (TPSA) is 58.9 Å². The molecule has 0 fully saturated rings. The van der Waals surface area contributed by atoms with E-state index in [2.05, 4.69) is 15.2 Å². The first-order valence-electron chi connectivity index (χ1n) is 3.90. The molecule has 0 atom stereocenters. The van der Waals surface area contributed by atoms with Crippen molar-refractivity contribution in [1.29, 1.82) is 0 Å². The number of aromatic hydroxyl groups is 1. The zero-order valence-electron chi connectivity index (χ0n) is 7.05. The van der Waals surface area contributed by atoms with Gasteiger partial charge in [0.2, 0.25) is 0 Å². The molecule has 1 N–H and O–H groups in total. The van der Waals surface area contributed by atoms with Gasteiger partial charge in [-0.25, -0.2) is 0 Å². The van der Waals surface area contributed by atoms with Crippen LogP contribution in [0.3, 0.4) is 0 Å². The van der Waals surface area contributed by atoms with Crippen molar-refractivity contribution >= 4 is 11.6 Å². The first kappa shape index (κ1) is 8.90. The van der Waals surface area contributed by atoms with Crippen LogP contribution in [-0.4, -0.2) is 20.3 Å². The molecule has 70 valence electrons. The summed E-state index contributed by atoms with van der Waals surface area (Å²) in [5.74, 6) is 0.0733. The van der Waals surface area contributed by atoms with Gasteiger partial charge in [0.05, 0.1) is 11.9 Å². The second-order valence-electron chi connectivity index (χ2n) is 2.63. The van der Waals surface area contributed by atoms with E-state index in [1.165, 1.54) is 6.20 Å². The zero-order chi connectivity index (χ0) is 9.97. The summed E-state index contributed by atoms with van der Waals surface area (Å²) in [4.78, 5) is 3.76. The molecule has 2 aromatic heterocycles. The van der Waals surface area contributed by atoms with E-state index in [9.17, 15) is 5.11 Å². The Kier molecular flexibility index (Phi) is 2.28. The number of nitrogens with zero attached hydrogens (tertiary/aromatic N) is 3. The van der Waals surface area contributed by atoms with Crippen LogP contribution in [0.15, 0.2) is 30.6 Å². The van der Waals surface area contributed by atoms with Crippen molar-refractivity contribution in [2.75, 3.05) is 0 Å². The van der Waals surface area contributed by atoms with Crippen LogP contribution in [0.5, 0.6) is 5.75 Å². The summed E-state index contributed by atoms with van der Waals surface area (Å²) in [6, 6.07) is 4.96. The van der Waals surface area contributed by atoms with Crippen LogP contribution in [0.2, 0.25) is 5.15 Å². The van der Waals surface area contributed by atoms with Crippen LogP contribution >= 0.6 is 11.6 Å². The predicted octanol–water partition coefficient (Wildman–Crippen LogP) is 1.90. The molecule has 0 unspecified atom stereocenters. The van der Waals surface area contributed by atoms with Crippen LogP contribution < -0.4 is 0 Å². The molecule has 0 saturated carbocycles. The van der Waals surface area contributed by atoms with Crippen molar-refractivity contribution < 1.29 is 5.11 Å². The Morgan fingerprint density at radius 1 is 1.14 bits per heavy atom. The Morgan fingerprint density at radius 3 is 2.64 bits per heavy atom. The summed E-state index contributed by atoms with van der Waals surface area (Å²) in [6.45, 7) is 0. The summed E-state index contributed by atoms with van der Waals surface area (Å²) in [6.07, 6.45) is 2.93. The Labute approximate surface area is 85.2 Å². The van der Waals surface area contributed by atoms with E-state index in [0.29, 0.717) is 16.4 Å². The van der Waals surface area contributed by atoms with Gasteiger partial charge < -0.3 is 5.11 Å². The maximum Gasteiger partial charge on any atom is 0.151 e. The van der Waals surface area contributed by atoms with E-state index in [1.54, 1.807) is 24.4 Å². The van der Waals surface area contributed by atoms with Crippen molar-refractivity contribution in [1.82, 2.24) is 15.2 Å². The van der Waals surface area contributed by atoms with Gasteiger partial charge in [0.25, 0.3) is 0 Å². The van der Waals surface area contributed by atoms with Crippen LogP contribution in [0.25, 0.3) is 11.3 Å². The fraction of sp³-hybridized carbons (Fsp3) is 0. The molecule has 4 nitrogen and oxygen atoms in total. The number of rotatable bonds is 1. The summed E-state index contributed by atoms with van der Waals surface area (Å²) in [5.41, 5.74) is 1.15. The number of pyridine rings is 1. The summed E-state index contributed by atoms with van der Waals surface area (Å²) in [7, 11) is 0. The molecule has 0 amide bonds. The van der Waals surface area contributed by atoms with E-state index >= 15 is 0 Å². The van der Waals surface area contributed by atoms with Crippen LogP contribution in [-0.2, 0) is 0 Å². The van der Waals surface area contributed by atoms with Gasteiger partial charge in [-0.2, -0.15) is 0 Å². The second kappa shape index (κ2) is 3.59. The lowest BCUT2D eigenvalue weighted by atomic mass is 10.2. The monoisotopic (exact) mass is 207 g/mol. The van der Waals surface area contributed by atoms with Crippen molar-refractivity contribution in [3.63, 3.8) is 0 Å². The third-order valence-electron chi connectivity index (χ3n) is 1.71. The molecule has 5 heteroatoms. The molecule has 0 aliphatic heterocycles. The van der Waals surface area contributed by atoms with Crippen molar-refractivity contribution in [2.45, 2.75) is 0 Å². The van der Waals surface area contributed by atoms with E-state index in [-0.39, 0.29) is 5.75 Å². The van der Waals surface area contributed by atoms with Gasteiger partial charge in [0.1, 0.15) is 5.75 Å². The van der Waals surface area contributed by atoms with Gasteiger partial charge in [0, 0.05) is 11.8 Å². The lowest BCUT2D eigenvalue weighted by Gasteiger charge is -2.01. The smallest absolute Gasteiger partial charge is 0.151 e. The minimum absolute atomic E-state index is 0.0733.